The van der Waals surface area contributed by atoms with Gasteiger partial charge in [-0.15, -0.1) is 11.3 Å². The van der Waals surface area contributed by atoms with Gasteiger partial charge in [0.15, 0.2) is 5.13 Å². The molecule has 1 aliphatic rings. The first-order valence-electron chi connectivity index (χ1n) is 5.55. The van der Waals surface area contributed by atoms with Crippen LogP contribution >= 0.6 is 11.3 Å². The summed E-state index contributed by atoms with van der Waals surface area (Å²) in [6.07, 6.45) is 3.78. The first-order chi connectivity index (χ1) is 7.60. The first-order valence-corrected chi connectivity index (χ1v) is 6.36. The Morgan fingerprint density at radius 3 is 3.06 bits per heavy atom. The summed E-state index contributed by atoms with van der Waals surface area (Å²) >= 11 is 1.52. The first kappa shape index (κ1) is 11.5. The van der Waals surface area contributed by atoms with Crippen molar-refractivity contribution in [1.82, 2.24) is 10.3 Å². The van der Waals surface area contributed by atoms with Gasteiger partial charge in [0.05, 0.1) is 5.41 Å². The maximum atomic E-state index is 12.1. The van der Waals surface area contributed by atoms with Crippen molar-refractivity contribution in [2.24, 2.45) is 5.41 Å². The molecule has 1 saturated heterocycles. The summed E-state index contributed by atoms with van der Waals surface area (Å²) in [7, 11) is 0. The minimum atomic E-state index is -0.294. The average molecular weight is 239 g/mol. The molecule has 88 valence electrons. The number of piperidine rings is 1. The lowest BCUT2D eigenvalue weighted by Crippen LogP contribution is -2.46. The molecule has 0 saturated carbocycles. The van der Waals surface area contributed by atoms with Crippen LogP contribution in [0.25, 0.3) is 0 Å². The lowest BCUT2D eigenvalue weighted by molar-refractivity contribution is -0.125. The van der Waals surface area contributed by atoms with Gasteiger partial charge in [-0.3, -0.25) is 4.79 Å². The molecule has 1 unspecified atom stereocenters. The van der Waals surface area contributed by atoms with Gasteiger partial charge in [-0.05, 0) is 33.2 Å². The van der Waals surface area contributed by atoms with E-state index in [-0.39, 0.29) is 11.3 Å². The van der Waals surface area contributed by atoms with Crippen LogP contribution in [-0.4, -0.2) is 24.0 Å². The number of nitrogens with zero attached hydrogens (tertiary/aromatic N) is 1. The highest BCUT2D eigenvalue weighted by molar-refractivity contribution is 7.15. The Kier molecular flexibility index (Phi) is 3.25. The molecule has 0 radical (unpaired) electrons. The van der Waals surface area contributed by atoms with Gasteiger partial charge in [-0.25, -0.2) is 4.98 Å². The molecule has 2 rings (SSSR count). The lowest BCUT2D eigenvalue weighted by Gasteiger charge is -2.32. The lowest BCUT2D eigenvalue weighted by atomic mass is 9.82. The van der Waals surface area contributed by atoms with Gasteiger partial charge in [0.1, 0.15) is 0 Å². The predicted molar refractivity (Wildman–Crippen MR) is 65.7 cm³/mol. The van der Waals surface area contributed by atoms with E-state index in [0.29, 0.717) is 5.13 Å². The topological polar surface area (TPSA) is 54.0 Å². The zero-order chi connectivity index (χ0) is 11.6. The number of anilines is 1. The average Bonchev–Trinajstić information content (AvgIpc) is 2.65. The van der Waals surface area contributed by atoms with Crippen LogP contribution in [0.15, 0.2) is 6.20 Å². The summed E-state index contributed by atoms with van der Waals surface area (Å²) in [5.74, 6) is 0.0778. The molecule has 4 nitrogen and oxygen atoms in total. The highest BCUT2D eigenvalue weighted by Crippen LogP contribution is 2.28. The van der Waals surface area contributed by atoms with E-state index in [0.717, 1.165) is 30.8 Å². The molecule has 0 spiro atoms. The van der Waals surface area contributed by atoms with Crippen molar-refractivity contribution in [2.45, 2.75) is 26.7 Å². The molecule has 1 amide bonds. The molecular weight excluding hydrogens is 222 g/mol. The van der Waals surface area contributed by atoms with Crippen molar-refractivity contribution in [2.75, 3.05) is 18.4 Å². The number of carbonyl (C=O) groups excluding carboxylic acids is 1. The third kappa shape index (κ3) is 2.41. The Hall–Kier alpha value is -0.940. The Morgan fingerprint density at radius 1 is 1.69 bits per heavy atom. The van der Waals surface area contributed by atoms with Gasteiger partial charge >= 0.3 is 0 Å². The Morgan fingerprint density at radius 2 is 2.50 bits per heavy atom. The van der Waals surface area contributed by atoms with E-state index in [1.807, 2.05) is 13.8 Å². The number of hydrogen-bond donors (Lipinski definition) is 2. The number of nitrogens with one attached hydrogen (secondary N) is 2. The fourth-order valence-electron chi connectivity index (χ4n) is 1.91. The van der Waals surface area contributed by atoms with Crippen LogP contribution in [0.5, 0.6) is 0 Å². The molecule has 2 N–H and O–H groups in total. The molecule has 0 aliphatic carbocycles. The number of hydrogen-bond acceptors (Lipinski definition) is 4. The zero-order valence-electron chi connectivity index (χ0n) is 9.67. The van der Waals surface area contributed by atoms with Crippen molar-refractivity contribution in [3.63, 3.8) is 0 Å². The molecule has 0 aromatic carbocycles. The van der Waals surface area contributed by atoms with E-state index in [2.05, 4.69) is 15.6 Å². The van der Waals surface area contributed by atoms with E-state index in [1.165, 1.54) is 11.3 Å². The summed E-state index contributed by atoms with van der Waals surface area (Å²) in [6.45, 7) is 5.76. The normalized spacial score (nSPS) is 25.4. The van der Waals surface area contributed by atoms with Crippen molar-refractivity contribution in [3.05, 3.63) is 11.1 Å². The maximum Gasteiger partial charge on any atom is 0.233 e. The van der Waals surface area contributed by atoms with Crippen LogP contribution in [0.2, 0.25) is 0 Å². The Balaban J connectivity index is 2.01. The third-order valence-corrected chi connectivity index (χ3v) is 3.82. The molecule has 2 heterocycles. The Labute approximate surface area is 99.5 Å². The highest BCUT2D eigenvalue weighted by Gasteiger charge is 2.34. The number of thiazole rings is 1. The molecule has 1 atom stereocenters. The van der Waals surface area contributed by atoms with Crippen LogP contribution in [0, 0.1) is 12.3 Å². The number of carbonyl (C=O) groups is 1. The molecule has 1 aromatic rings. The second-order valence-electron chi connectivity index (χ2n) is 4.57. The minimum absolute atomic E-state index is 0.0778. The van der Waals surface area contributed by atoms with Crippen LogP contribution in [-0.2, 0) is 4.79 Å². The maximum absolute atomic E-state index is 12.1. The number of rotatable bonds is 2. The van der Waals surface area contributed by atoms with Gasteiger partial charge in [0, 0.05) is 17.6 Å². The standard InChI is InChI=1S/C11H17N3OS/c1-8-6-13-10(16-8)14-9(15)11(2)4-3-5-12-7-11/h6,12H,3-5,7H2,1-2H3,(H,13,14,15). The summed E-state index contributed by atoms with van der Waals surface area (Å²) in [6, 6.07) is 0. The van der Waals surface area contributed by atoms with Gasteiger partial charge < -0.3 is 10.6 Å². The molecule has 1 aromatic heterocycles. The van der Waals surface area contributed by atoms with E-state index >= 15 is 0 Å². The van der Waals surface area contributed by atoms with Gasteiger partial charge in [-0.1, -0.05) is 0 Å². The monoisotopic (exact) mass is 239 g/mol. The number of amides is 1. The highest BCUT2D eigenvalue weighted by atomic mass is 32.1. The SMILES string of the molecule is Cc1cnc(NC(=O)C2(C)CCCNC2)s1. The second kappa shape index (κ2) is 4.51. The fourth-order valence-corrected chi connectivity index (χ4v) is 2.57. The summed E-state index contributed by atoms with van der Waals surface area (Å²) in [5.41, 5.74) is -0.294. The Bertz CT molecular complexity index is 382. The third-order valence-electron chi connectivity index (χ3n) is 2.99. The van der Waals surface area contributed by atoms with Crippen molar-refractivity contribution in [3.8, 4) is 0 Å². The molecule has 5 heteroatoms. The summed E-state index contributed by atoms with van der Waals surface area (Å²) < 4.78 is 0. The van der Waals surface area contributed by atoms with Crippen LogP contribution in [0.4, 0.5) is 5.13 Å². The molecule has 1 fully saturated rings. The number of aryl methyl sites for hydroxylation is 1. The fraction of sp³-hybridized carbons (Fsp3) is 0.636. The van der Waals surface area contributed by atoms with Crippen molar-refractivity contribution < 1.29 is 4.79 Å². The molecule has 1 aliphatic heterocycles. The quantitative estimate of drug-likeness (QED) is 0.827. The zero-order valence-corrected chi connectivity index (χ0v) is 10.5. The van der Waals surface area contributed by atoms with Crippen molar-refractivity contribution >= 4 is 22.4 Å². The van der Waals surface area contributed by atoms with Crippen LogP contribution < -0.4 is 10.6 Å². The van der Waals surface area contributed by atoms with Gasteiger partial charge in [0.2, 0.25) is 5.91 Å². The van der Waals surface area contributed by atoms with Crippen LogP contribution in [0.3, 0.4) is 0 Å². The van der Waals surface area contributed by atoms with E-state index < -0.39 is 0 Å². The second-order valence-corrected chi connectivity index (χ2v) is 5.81. The minimum Gasteiger partial charge on any atom is -0.316 e. The predicted octanol–water partition coefficient (Wildman–Crippen LogP) is 1.78. The molecular formula is C11H17N3OS. The van der Waals surface area contributed by atoms with Crippen molar-refractivity contribution in [1.29, 1.82) is 0 Å². The largest absolute Gasteiger partial charge is 0.316 e. The van der Waals surface area contributed by atoms with Crippen LogP contribution in [0.1, 0.15) is 24.6 Å². The molecule has 16 heavy (non-hydrogen) atoms. The summed E-state index contributed by atoms with van der Waals surface area (Å²) in [5, 5.41) is 6.87. The van der Waals surface area contributed by atoms with E-state index in [1.54, 1.807) is 6.20 Å². The number of aromatic nitrogens is 1. The summed E-state index contributed by atoms with van der Waals surface area (Å²) in [4.78, 5) is 17.4. The van der Waals surface area contributed by atoms with Gasteiger partial charge in [-0.2, -0.15) is 0 Å². The van der Waals surface area contributed by atoms with E-state index in [9.17, 15) is 4.79 Å². The van der Waals surface area contributed by atoms with E-state index in [4.69, 9.17) is 0 Å². The smallest absolute Gasteiger partial charge is 0.233 e. The van der Waals surface area contributed by atoms with Gasteiger partial charge in [0.25, 0.3) is 0 Å². The molecule has 0 bridgehead atoms.